The minimum absolute atomic E-state index is 0.184. The van der Waals surface area contributed by atoms with Gasteiger partial charge in [-0.3, -0.25) is 14.2 Å². The van der Waals surface area contributed by atoms with E-state index in [1.54, 1.807) is 36.7 Å². The molecule has 4 aromatic heterocycles. The SMILES string of the molecule is O=C(NC1CCC1)c1cnc2c3c(c(Nc4cccn(-c5ccccn5)c4=O)nn12)OCCN3. The van der Waals surface area contributed by atoms with Gasteiger partial charge in [-0.2, -0.15) is 0 Å². The van der Waals surface area contributed by atoms with E-state index >= 15 is 0 Å². The van der Waals surface area contributed by atoms with Gasteiger partial charge in [0, 0.05) is 25.0 Å². The number of nitrogens with zero attached hydrogens (tertiary/aromatic N) is 5. The highest BCUT2D eigenvalue weighted by molar-refractivity contribution is 5.95. The molecular formula is C23H22N8O3. The highest BCUT2D eigenvalue weighted by atomic mass is 16.5. The first-order valence-electron chi connectivity index (χ1n) is 11.2. The van der Waals surface area contributed by atoms with Crippen molar-refractivity contribution >= 4 is 28.7 Å². The van der Waals surface area contributed by atoms with Crippen molar-refractivity contribution in [3.8, 4) is 11.6 Å². The lowest BCUT2D eigenvalue weighted by atomic mass is 9.93. The average molecular weight is 458 g/mol. The summed E-state index contributed by atoms with van der Waals surface area (Å²) in [4.78, 5) is 34.7. The summed E-state index contributed by atoms with van der Waals surface area (Å²) in [7, 11) is 0. The van der Waals surface area contributed by atoms with E-state index in [1.165, 1.54) is 15.3 Å². The lowest BCUT2D eigenvalue weighted by Crippen LogP contribution is -2.40. The predicted molar refractivity (Wildman–Crippen MR) is 125 cm³/mol. The molecule has 0 unspecified atom stereocenters. The van der Waals surface area contributed by atoms with Crippen LogP contribution >= 0.6 is 0 Å². The van der Waals surface area contributed by atoms with Crippen LogP contribution < -0.4 is 26.2 Å². The number of ether oxygens (including phenoxy) is 1. The molecule has 0 saturated heterocycles. The van der Waals surface area contributed by atoms with E-state index < -0.39 is 0 Å². The van der Waals surface area contributed by atoms with Crippen LogP contribution in [-0.4, -0.2) is 49.2 Å². The Morgan fingerprint density at radius 1 is 1.18 bits per heavy atom. The minimum atomic E-state index is -0.297. The Hall–Kier alpha value is -4.41. The number of amides is 1. The molecule has 0 atom stereocenters. The molecule has 2 aliphatic rings. The molecule has 0 spiro atoms. The first-order chi connectivity index (χ1) is 16.7. The first-order valence-corrected chi connectivity index (χ1v) is 11.2. The molecule has 0 radical (unpaired) electrons. The number of aromatic nitrogens is 5. The maximum absolute atomic E-state index is 13.2. The summed E-state index contributed by atoms with van der Waals surface area (Å²) in [6, 6.07) is 8.95. The van der Waals surface area contributed by atoms with Gasteiger partial charge in [0.25, 0.3) is 11.5 Å². The third-order valence-electron chi connectivity index (χ3n) is 6.02. The smallest absolute Gasteiger partial charge is 0.279 e. The van der Waals surface area contributed by atoms with Gasteiger partial charge in [-0.1, -0.05) is 6.07 Å². The van der Waals surface area contributed by atoms with Crippen molar-refractivity contribution in [2.75, 3.05) is 23.8 Å². The van der Waals surface area contributed by atoms with Crippen LogP contribution in [0.2, 0.25) is 0 Å². The number of rotatable bonds is 5. The number of hydrogen-bond acceptors (Lipinski definition) is 8. The van der Waals surface area contributed by atoms with Crippen molar-refractivity contribution in [1.29, 1.82) is 0 Å². The topological polar surface area (TPSA) is 127 Å². The second kappa shape index (κ2) is 8.18. The van der Waals surface area contributed by atoms with Gasteiger partial charge in [0.15, 0.2) is 22.9 Å². The second-order valence-electron chi connectivity index (χ2n) is 8.22. The fourth-order valence-corrected chi connectivity index (χ4v) is 4.05. The van der Waals surface area contributed by atoms with E-state index in [-0.39, 0.29) is 23.2 Å². The molecule has 1 amide bonds. The standard InChI is InChI=1S/C23H22N8O3/c32-22(27-14-5-3-6-14)16-13-26-21-18-19(34-12-10-25-18)20(29-31(16)21)28-15-7-4-11-30(23(15)33)17-8-1-2-9-24-17/h1-2,4,7-9,11,13-14,25H,3,5-6,10,12H2,(H,27,32)(H,28,29). The van der Waals surface area contributed by atoms with Crippen LogP contribution in [0.1, 0.15) is 29.8 Å². The van der Waals surface area contributed by atoms with Crippen LogP contribution in [-0.2, 0) is 0 Å². The van der Waals surface area contributed by atoms with E-state index in [2.05, 4.69) is 31.0 Å². The highest BCUT2D eigenvalue weighted by Gasteiger charge is 2.27. The van der Waals surface area contributed by atoms with Gasteiger partial charge >= 0.3 is 0 Å². The van der Waals surface area contributed by atoms with Gasteiger partial charge in [-0.05, 0) is 43.5 Å². The van der Waals surface area contributed by atoms with Crippen LogP contribution in [0.25, 0.3) is 11.5 Å². The number of anilines is 3. The quantitative estimate of drug-likeness (QED) is 0.415. The molecule has 11 heteroatoms. The van der Waals surface area contributed by atoms with Gasteiger partial charge < -0.3 is 20.7 Å². The Morgan fingerprint density at radius 2 is 2.09 bits per heavy atom. The number of carbonyl (C=O) groups excluding carboxylic acids is 1. The molecule has 1 aliphatic carbocycles. The fraction of sp³-hybridized carbons (Fsp3) is 0.261. The molecule has 5 heterocycles. The molecule has 172 valence electrons. The third kappa shape index (κ3) is 3.41. The molecular weight excluding hydrogens is 436 g/mol. The third-order valence-corrected chi connectivity index (χ3v) is 6.02. The monoisotopic (exact) mass is 458 g/mol. The van der Waals surface area contributed by atoms with Crippen molar-refractivity contribution in [2.45, 2.75) is 25.3 Å². The highest BCUT2D eigenvalue weighted by Crippen LogP contribution is 2.38. The van der Waals surface area contributed by atoms with Crippen LogP contribution in [0, 0.1) is 0 Å². The molecule has 1 aliphatic heterocycles. The van der Waals surface area contributed by atoms with E-state index in [9.17, 15) is 9.59 Å². The molecule has 1 fully saturated rings. The van der Waals surface area contributed by atoms with Crippen LogP contribution in [0.15, 0.2) is 53.7 Å². The number of nitrogens with one attached hydrogen (secondary N) is 3. The second-order valence-corrected chi connectivity index (χ2v) is 8.22. The normalized spacial score (nSPS) is 15.1. The lowest BCUT2D eigenvalue weighted by Gasteiger charge is -2.26. The van der Waals surface area contributed by atoms with E-state index in [0.717, 1.165) is 19.3 Å². The lowest BCUT2D eigenvalue weighted by molar-refractivity contribution is 0.0909. The number of fused-ring (bicyclic) bond motifs is 3. The zero-order valence-corrected chi connectivity index (χ0v) is 18.2. The van der Waals surface area contributed by atoms with Crippen molar-refractivity contribution in [3.05, 3.63) is 65.0 Å². The summed E-state index contributed by atoms with van der Waals surface area (Å²) in [5.41, 5.74) is 1.41. The molecule has 0 bridgehead atoms. The van der Waals surface area contributed by atoms with Crippen molar-refractivity contribution in [2.24, 2.45) is 0 Å². The molecule has 11 nitrogen and oxygen atoms in total. The first kappa shape index (κ1) is 20.2. The Bertz CT molecular complexity index is 1440. The fourth-order valence-electron chi connectivity index (χ4n) is 4.05. The van der Waals surface area contributed by atoms with Crippen LogP contribution in [0.3, 0.4) is 0 Å². The summed E-state index contributed by atoms with van der Waals surface area (Å²) in [5, 5.41) is 14.0. The van der Waals surface area contributed by atoms with Gasteiger partial charge in [0.2, 0.25) is 0 Å². The Balaban J connectivity index is 1.43. The van der Waals surface area contributed by atoms with E-state index in [0.29, 0.717) is 47.6 Å². The maximum atomic E-state index is 13.2. The van der Waals surface area contributed by atoms with Crippen molar-refractivity contribution in [1.82, 2.24) is 29.5 Å². The Labute approximate surface area is 193 Å². The van der Waals surface area contributed by atoms with Gasteiger partial charge in [-0.15, -0.1) is 5.10 Å². The number of carbonyl (C=O) groups is 1. The van der Waals surface area contributed by atoms with E-state index in [1.807, 2.05) is 6.07 Å². The van der Waals surface area contributed by atoms with E-state index in [4.69, 9.17) is 4.74 Å². The molecule has 1 saturated carbocycles. The molecule has 4 aromatic rings. The van der Waals surface area contributed by atoms with Crippen molar-refractivity contribution < 1.29 is 9.53 Å². The number of hydrogen-bond donors (Lipinski definition) is 3. The largest absolute Gasteiger partial charge is 0.486 e. The molecule has 3 N–H and O–H groups in total. The number of imidazole rings is 1. The minimum Gasteiger partial charge on any atom is -0.486 e. The Morgan fingerprint density at radius 3 is 2.88 bits per heavy atom. The van der Waals surface area contributed by atoms with Crippen molar-refractivity contribution in [3.63, 3.8) is 0 Å². The zero-order valence-electron chi connectivity index (χ0n) is 18.2. The summed E-state index contributed by atoms with van der Waals surface area (Å²) >= 11 is 0. The van der Waals surface area contributed by atoms with Crippen LogP contribution in [0.5, 0.6) is 5.75 Å². The van der Waals surface area contributed by atoms with Gasteiger partial charge in [0.1, 0.15) is 23.8 Å². The maximum Gasteiger partial charge on any atom is 0.279 e. The molecule has 34 heavy (non-hydrogen) atoms. The number of pyridine rings is 2. The Kier molecular flexibility index (Phi) is 4.86. The molecule has 6 rings (SSSR count). The average Bonchev–Trinajstić information content (AvgIpc) is 3.27. The zero-order chi connectivity index (χ0) is 23.1. The molecule has 0 aromatic carbocycles. The summed E-state index contributed by atoms with van der Waals surface area (Å²) < 4.78 is 8.82. The van der Waals surface area contributed by atoms with Gasteiger partial charge in [0.05, 0.1) is 6.20 Å². The van der Waals surface area contributed by atoms with Crippen LogP contribution in [0.4, 0.5) is 17.2 Å². The summed E-state index contributed by atoms with van der Waals surface area (Å²) in [6.45, 7) is 1.02. The predicted octanol–water partition coefficient (Wildman–Crippen LogP) is 2.11. The van der Waals surface area contributed by atoms with Gasteiger partial charge in [-0.25, -0.2) is 14.5 Å². The summed E-state index contributed by atoms with van der Waals surface area (Å²) in [6.07, 6.45) is 7.86. The summed E-state index contributed by atoms with van der Waals surface area (Å²) in [5.74, 6) is 1.03.